The van der Waals surface area contributed by atoms with Crippen molar-refractivity contribution in [2.45, 2.75) is 29.6 Å². The van der Waals surface area contributed by atoms with Crippen molar-refractivity contribution < 1.29 is 13.2 Å². The number of hydrogen-bond acceptors (Lipinski definition) is 5. The SMILES string of the molecule is CCCc1ccc(S(=O)(=O)c2c(C(=O)N3CCSCC3)cnc3ccccc23)cc1. The van der Waals surface area contributed by atoms with E-state index in [9.17, 15) is 13.2 Å². The van der Waals surface area contributed by atoms with E-state index in [0.29, 0.717) is 24.0 Å². The summed E-state index contributed by atoms with van der Waals surface area (Å²) in [5, 5.41) is 0.479. The quantitative estimate of drug-likeness (QED) is 0.595. The van der Waals surface area contributed by atoms with Crippen molar-refractivity contribution in [1.29, 1.82) is 0 Å². The number of aryl methyl sites for hydroxylation is 1. The van der Waals surface area contributed by atoms with Crippen LogP contribution in [0.15, 0.2) is 64.5 Å². The fourth-order valence-electron chi connectivity index (χ4n) is 3.74. The lowest BCUT2D eigenvalue weighted by Gasteiger charge is -2.27. The van der Waals surface area contributed by atoms with Crippen molar-refractivity contribution in [3.8, 4) is 0 Å². The molecule has 1 amide bonds. The van der Waals surface area contributed by atoms with Gasteiger partial charge in [-0.1, -0.05) is 43.7 Å². The highest BCUT2D eigenvalue weighted by atomic mass is 32.2. The summed E-state index contributed by atoms with van der Waals surface area (Å²) in [6.07, 6.45) is 3.31. The van der Waals surface area contributed by atoms with Gasteiger partial charge in [-0.3, -0.25) is 9.78 Å². The summed E-state index contributed by atoms with van der Waals surface area (Å²) >= 11 is 1.80. The second-order valence-corrected chi connectivity index (χ2v) is 10.4. The smallest absolute Gasteiger partial charge is 0.256 e. The molecule has 4 rings (SSSR count). The van der Waals surface area contributed by atoms with E-state index in [-0.39, 0.29) is 21.3 Å². The first-order valence-electron chi connectivity index (χ1n) is 10.1. The zero-order chi connectivity index (χ0) is 21.1. The number of sulfone groups is 1. The third-order valence-corrected chi connectivity index (χ3v) is 8.11. The lowest BCUT2D eigenvalue weighted by atomic mass is 10.1. The molecule has 1 saturated heterocycles. The highest BCUT2D eigenvalue weighted by Crippen LogP contribution is 2.32. The summed E-state index contributed by atoms with van der Waals surface area (Å²) in [7, 11) is -3.90. The molecule has 0 saturated carbocycles. The monoisotopic (exact) mass is 440 g/mol. The Labute approximate surface area is 181 Å². The van der Waals surface area contributed by atoms with Crippen LogP contribution in [-0.2, 0) is 16.3 Å². The number of aromatic nitrogens is 1. The molecule has 1 fully saturated rings. The Balaban J connectivity index is 1.87. The van der Waals surface area contributed by atoms with Crippen LogP contribution >= 0.6 is 11.8 Å². The molecule has 5 nitrogen and oxygen atoms in total. The molecule has 0 aliphatic carbocycles. The van der Waals surface area contributed by atoms with Gasteiger partial charge in [0.2, 0.25) is 9.84 Å². The number of carbonyl (C=O) groups excluding carboxylic acids is 1. The van der Waals surface area contributed by atoms with Crippen molar-refractivity contribution in [2.75, 3.05) is 24.6 Å². The van der Waals surface area contributed by atoms with E-state index in [0.717, 1.165) is 29.9 Å². The van der Waals surface area contributed by atoms with E-state index >= 15 is 0 Å². The van der Waals surface area contributed by atoms with E-state index in [4.69, 9.17) is 0 Å². The second-order valence-electron chi connectivity index (χ2n) is 7.32. The number of benzene rings is 2. The minimum Gasteiger partial charge on any atom is -0.337 e. The van der Waals surface area contributed by atoms with Crippen LogP contribution in [0.2, 0.25) is 0 Å². The van der Waals surface area contributed by atoms with Crippen LogP contribution in [0.3, 0.4) is 0 Å². The highest BCUT2D eigenvalue weighted by Gasteiger charge is 2.30. The fourth-order valence-corrected chi connectivity index (χ4v) is 6.26. The minimum atomic E-state index is -3.90. The summed E-state index contributed by atoms with van der Waals surface area (Å²) in [6.45, 7) is 3.31. The van der Waals surface area contributed by atoms with Crippen molar-refractivity contribution in [3.63, 3.8) is 0 Å². The summed E-state index contributed by atoms with van der Waals surface area (Å²) in [6, 6.07) is 14.1. The van der Waals surface area contributed by atoms with Crippen LogP contribution in [0.1, 0.15) is 29.3 Å². The lowest BCUT2D eigenvalue weighted by molar-refractivity contribution is 0.0768. The first-order chi connectivity index (χ1) is 14.5. The van der Waals surface area contributed by atoms with Crippen molar-refractivity contribution in [1.82, 2.24) is 9.88 Å². The van der Waals surface area contributed by atoms with Gasteiger partial charge in [-0.25, -0.2) is 8.42 Å². The van der Waals surface area contributed by atoms with Gasteiger partial charge in [0.15, 0.2) is 0 Å². The topological polar surface area (TPSA) is 67.3 Å². The summed E-state index contributed by atoms with van der Waals surface area (Å²) in [5.74, 6) is 1.44. The summed E-state index contributed by atoms with van der Waals surface area (Å²) < 4.78 is 27.4. The van der Waals surface area contributed by atoms with Crippen LogP contribution in [0, 0.1) is 0 Å². The maximum absolute atomic E-state index is 13.7. The van der Waals surface area contributed by atoms with Gasteiger partial charge in [-0.2, -0.15) is 11.8 Å². The molecule has 1 aliphatic rings. The first-order valence-corrected chi connectivity index (χ1v) is 12.7. The lowest BCUT2D eigenvalue weighted by Crippen LogP contribution is -2.38. The predicted molar refractivity (Wildman–Crippen MR) is 121 cm³/mol. The summed E-state index contributed by atoms with van der Waals surface area (Å²) in [5.41, 5.74) is 1.81. The summed E-state index contributed by atoms with van der Waals surface area (Å²) in [4.78, 5) is 19.7. The average molecular weight is 441 g/mol. The molecule has 0 bridgehead atoms. The Morgan fingerprint density at radius 2 is 1.77 bits per heavy atom. The molecule has 1 aromatic heterocycles. The number of pyridine rings is 1. The van der Waals surface area contributed by atoms with Crippen LogP contribution in [0.5, 0.6) is 0 Å². The van der Waals surface area contributed by atoms with E-state index in [1.54, 1.807) is 47.0 Å². The van der Waals surface area contributed by atoms with Gasteiger partial charge < -0.3 is 4.90 Å². The van der Waals surface area contributed by atoms with Crippen LogP contribution < -0.4 is 0 Å². The van der Waals surface area contributed by atoms with Gasteiger partial charge in [0.25, 0.3) is 5.91 Å². The largest absolute Gasteiger partial charge is 0.337 e. The first kappa shape index (κ1) is 20.9. The Hall–Kier alpha value is -2.38. The maximum atomic E-state index is 13.7. The molecule has 0 N–H and O–H groups in total. The number of rotatable bonds is 5. The van der Waals surface area contributed by atoms with Gasteiger partial charge in [0, 0.05) is 36.2 Å². The van der Waals surface area contributed by atoms with Gasteiger partial charge in [-0.05, 0) is 30.2 Å². The van der Waals surface area contributed by atoms with Gasteiger partial charge in [-0.15, -0.1) is 0 Å². The molecule has 0 radical (unpaired) electrons. The number of fused-ring (bicyclic) bond motifs is 1. The van der Waals surface area contributed by atoms with Crippen molar-refractivity contribution >= 4 is 38.4 Å². The van der Waals surface area contributed by atoms with E-state index in [2.05, 4.69) is 11.9 Å². The molecule has 1 aliphatic heterocycles. The molecule has 0 unspecified atom stereocenters. The fraction of sp³-hybridized carbons (Fsp3) is 0.304. The number of nitrogens with zero attached hydrogens (tertiary/aromatic N) is 2. The molecule has 3 aromatic rings. The molecular weight excluding hydrogens is 416 g/mol. The number of para-hydroxylation sites is 1. The molecule has 2 heterocycles. The average Bonchev–Trinajstić information content (AvgIpc) is 2.79. The normalized spacial score (nSPS) is 14.8. The Morgan fingerprint density at radius 1 is 1.07 bits per heavy atom. The van der Waals surface area contributed by atoms with E-state index in [1.807, 2.05) is 18.2 Å². The molecule has 156 valence electrons. The number of thioether (sulfide) groups is 1. The Kier molecular flexibility index (Phi) is 6.11. The van der Waals surface area contributed by atoms with Gasteiger partial charge >= 0.3 is 0 Å². The third kappa shape index (κ3) is 3.96. The van der Waals surface area contributed by atoms with Crippen molar-refractivity contribution in [3.05, 3.63) is 65.9 Å². The van der Waals surface area contributed by atoms with E-state index < -0.39 is 9.84 Å². The highest BCUT2D eigenvalue weighted by molar-refractivity contribution is 7.99. The van der Waals surface area contributed by atoms with E-state index in [1.165, 1.54) is 6.20 Å². The molecule has 0 atom stereocenters. The van der Waals surface area contributed by atoms with Crippen LogP contribution in [0.4, 0.5) is 0 Å². The van der Waals surface area contributed by atoms with Crippen molar-refractivity contribution in [2.24, 2.45) is 0 Å². The molecule has 7 heteroatoms. The van der Waals surface area contributed by atoms with Gasteiger partial charge in [0.05, 0.1) is 20.9 Å². The number of carbonyl (C=O) groups is 1. The molecule has 30 heavy (non-hydrogen) atoms. The maximum Gasteiger partial charge on any atom is 0.256 e. The number of amides is 1. The predicted octanol–water partition coefficient (Wildman–Crippen LogP) is 4.21. The Bertz CT molecular complexity index is 1170. The van der Waals surface area contributed by atoms with Crippen LogP contribution in [0.25, 0.3) is 10.9 Å². The standard InChI is InChI=1S/C23H24N2O3S2/c1-2-5-17-8-10-18(11-9-17)30(27,28)22-19-6-3-4-7-21(19)24-16-20(22)23(26)25-12-14-29-15-13-25/h3-4,6-11,16H,2,5,12-15H2,1H3. The second kappa shape index (κ2) is 8.78. The zero-order valence-electron chi connectivity index (χ0n) is 16.9. The molecular formula is C23H24N2O3S2. The third-order valence-electron chi connectivity index (χ3n) is 5.30. The Morgan fingerprint density at radius 3 is 2.47 bits per heavy atom. The number of hydrogen-bond donors (Lipinski definition) is 0. The minimum absolute atomic E-state index is 0.0552. The molecule has 0 spiro atoms. The van der Waals surface area contributed by atoms with Gasteiger partial charge in [0.1, 0.15) is 0 Å². The molecule has 2 aromatic carbocycles. The zero-order valence-corrected chi connectivity index (χ0v) is 18.5. The van der Waals surface area contributed by atoms with Crippen LogP contribution in [-0.4, -0.2) is 48.8 Å².